The Bertz CT molecular complexity index is 605. The SMILES string of the molecule is Cc1nc(N)nc(N)c1-c1cc(Cl)c(Cl)cc1Cl. The average molecular weight is 304 g/mol. The summed E-state index contributed by atoms with van der Waals surface area (Å²) < 4.78 is 0. The molecule has 0 unspecified atom stereocenters. The first kappa shape index (κ1) is 13.2. The van der Waals surface area contributed by atoms with Gasteiger partial charge in [0, 0.05) is 11.1 Å². The van der Waals surface area contributed by atoms with Crippen molar-refractivity contribution in [1.82, 2.24) is 9.97 Å². The summed E-state index contributed by atoms with van der Waals surface area (Å²) in [5.74, 6) is 0.366. The van der Waals surface area contributed by atoms with Gasteiger partial charge in [0.15, 0.2) is 0 Å². The van der Waals surface area contributed by atoms with Crippen LogP contribution in [0.15, 0.2) is 12.1 Å². The molecule has 0 fully saturated rings. The van der Waals surface area contributed by atoms with Crippen molar-refractivity contribution in [3.05, 3.63) is 32.9 Å². The molecule has 0 aliphatic carbocycles. The maximum Gasteiger partial charge on any atom is 0.222 e. The van der Waals surface area contributed by atoms with Gasteiger partial charge in [-0.1, -0.05) is 34.8 Å². The van der Waals surface area contributed by atoms with Crippen LogP contribution < -0.4 is 11.5 Å². The molecule has 1 heterocycles. The number of benzene rings is 1. The van der Waals surface area contributed by atoms with E-state index >= 15 is 0 Å². The zero-order valence-corrected chi connectivity index (χ0v) is 11.6. The van der Waals surface area contributed by atoms with E-state index in [0.29, 0.717) is 31.9 Å². The van der Waals surface area contributed by atoms with E-state index in [0.717, 1.165) is 0 Å². The Balaban J connectivity index is 2.73. The minimum atomic E-state index is 0.116. The van der Waals surface area contributed by atoms with Gasteiger partial charge < -0.3 is 11.5 Å². The molecule has 0 aliphatic rings. The van der Waals surface area contributed by atoms with Gasteiger partial charge in [-0.3, -0.25) is 0 Å². The lowest BCUT2D eigenvalue weighted by Crippen LogP contribution is -2.04. The minimum Gasteiger partial charge on any atom is -0.383 e. The zero-order valence-electron chi connectivity index (χ0n) is 9.34. The van der Waals surface area contributed by atoms with Gasteiger partial charge in [-0.25, -0.2) is 4.98 Å². The van der Waals surface area contributed by atoms with Crippen LogP contribution in [0.2, 0.25) is 15.1 Å². The molecule has 0 aliphatic heterocycles. The number of rotatable bonds is 1. The van der Waals surface area contributed by atoms with Crippen LogP contribution in [0.1, 0.15) is 5.69 Å². The quantitative estimate of drug-likeness (QED) is 0.789. The highest BCUT2D eigenvalue weighted by Crippen LogP contribution is 2.38. The number of nitrogen functional groups attached to an aromatic ring is 2. The van der Waals surface area contributed by atoms with Crippen LogP contribution in [0.3, 0.4) is 0 Å². The van der Waals surface area contributed by atoms with E-state index in [2.05, 4.69) is 9.97 Å². The number of halogens is 3. The molecule has 18 heavy (non-hydrogen) atoms. The molecular weight excluding hydrogens is 295 g/mol. The zero-order chi connectivity index (χ0) is 13.4. The summed E-state index contributed by atoms with van der Waals surface area (Å²) in [7, 11) is 0. The maximum atomic E-state index is 6.13. The predicted octanol–water partition coefficient (Wildman–Crippen LogP) is 3.58. The Morgan fingerprint density at radius 2 is 1.56 bits per heavy atom. The molecule has 94 valence electrons. The molecule has 1 aromatic carbocycles. The number of aromatic nitrogens is 2. The number of nitrogens with two attached hydrogens (primary N) is 2. The smallest absolute Gasteiger partial charge is 0.222 e. The summed E-state index contributed by atoms with van der Waals surface area (Å²) in [6, 6.07) is 3.18. The summed E-state index contributed by atoms with van der Waals surface area (Å²) in [4.78, 5) is 7.97. The Kier molecular flexibility index (Phi) is 3.52. The maximum absolute atomic E-state index is 6.13. The topological polar surface area (TPSA) is 77.8 Å². The number of hydrogen-bond acceptors (Lipinski definition) is 4. The Hall–Kier alpha value is -1.23. The van der Waals surface area contributed by atoms with E-state index in [9.17, 15) is 0 Å². The molecule has 0 saturated heterocycles. The van der Waals surface area contributed by atoms with Crippen LogP contribution in [0, 0.1) is 6.92 Å². The Morgan fingerprint density at radius 1 is 0.944 bits per heavy atom. The van der Waals surface area contributed by atoms with E-state index in [1.165, 1.54) is 0 Å². The summed E-state index contributed by atoms with van der Waals surface area (Å²) in [5.41, 5.74) is 13.2. The molecule has 0 saturated carbocycles. The van der Waals surface area contributed by atoms with Gasteiger partial charge in [0.25, 0.3) is 0 Å². The molecule has 0 bridgehead atoms. The normalized spacial score (nSPS) is 10.7. The van der Waals surface area contributed by atoms with Crippen molar-refractivity contribution in [3.63, 3.8) is 0 Å². The number of anilines is 2. The first-order chi connectivity index (χ1) is 8.40. The molecule has 0 radical (unpaired) electrons. The van der Waals surface area contributed by atoms with E-state index in [4.69, 9.17) is 46.3 Å². The van der Waals surface area contributed by atoms with Gasteiger partial charge in [0.05, 0.1) is 20.8 Å². The van der Waals surface area contributed by atoms with Crippen LogP contribution in [0.25, 0.3) is 11.1 Å². The van der Waals surface area contributed by atoms with Gasteiger partial charge >= 0.3 is 0 Å². The number of aryl methyl sites for hydroxylation is 1. The summed E-state index contributed by atoms with van der Waals surface area (Å²) in [6.07, 6.45) is 0. The second-order valence-corrected chi connectivity index (χ2v) is 4.90. The summed E-state index contributed by atoms with van der Waals surface area (Å²) >= 11 is 18.0. The third-order valence-electron chi connectivity index (χ3n) is 2.41. The van der Waals surface area contributed by atoms with E-state index in [-0.39, 0.29) is 11.8 Å². The van der Waals surface area contributed by atoms with Crippen LogP contribution in [0.5, 0.6) is 0 Å². The number of hydrogen-bond donors (Lipinski definition) is 2. The van der Waals surface area contributed by atoms with E-state index in [1.807, 2.05) is 0 Å². The van der Waals surface area contributed by atoms with Gasteiger partial charge in [0.2, 0.25) is 5.95 Å². The van der Waals surface area contributed by atoms with Crippen LogP contribution in [0.4, 0.5) is 11.8 Å². The monoisotopic (exact) mass is 302 g/mol. The molecular formula is C11H9Cl3N4. The first-order valence-electron chi connectivity index (χ1n) is 4.94. The molecule has 0 amide bonds. The number of nitrogens with zero attached hydrogens (tertiary/aromatic N) is 2. The van der Waals surface area contributed by atoms with E-state index in [1.54, 1.807) is 19.1 Å². The van der Waals surface area contributed by atoms with Crippen molar-refractivity contribution in [1.29, 1.82) is 0 Å². The summed E-state index contributed by atoms with van der Waals surface area (Å²) in [5, 5.41) is 1.18. The lowest BCUT2D eigenvalue weighted by molar-refractivity contribution is 1.13. The van der Waals surface area contributed by atoms with Crippen molar-refractivity contribution >= 4 is 46.6 Å². The van der Waals surface area contributed by atoms with Gasteiger partial charge in [0.1, 0.15) is 5.82 Å². The molecule has 1 aromatic heterocycles. The lowest BCUT2D eigenvalue weighted by atomic mass is 10.0. The van der Waals surface area contributed by atoms with Crippen molar-refractivity contribution < 1.29 is 0 Å². The van der Waals surface area contributed by atoms with E-state index < -0.39 is 0 Å². The van der Waals surface area contributed by atoms with Crippen molar-refractivity contribution in [2.75, 3.05) is 11.5 Å². The molecule has 7 heteroatoms. The second-order valence-electron chi connectivity index (χ2n) is 3.67. The predicted molar refractivity (Wildman–Crippen MR) is 76.1 cm³/mol. The van der Waals surface area contributed by atoms with Crippen molar-refractivity contribution in [2.45, 2.75) is 6.92 Å². The second kappa shape index (κ2) is 4.80. The molecule has 0 atom stereocenters. The van der Waals surface area contributed by atoms with Gasteiger partial charge in [-0.05, 0) is 19.1 Å². The third-order valence-corrected chi connectivity index (χ3v) is 3.45. The Morgan fingerprint density at radius 3 is 2.17 bits per heavy atom. The molecule has 2 aromatic rings. The highest BCUT2D eigenvalue weighted by atomic mass is 35.5. The fraction of sp³-hybridized carbons (Fsp3) is 0.0909. The lowest BCUT2D eigenvalue weighted by Gasteiger charge is -2.11. The molecule has 2 rings (SSSR count). The highest BCUT2D eigenvalue weighted by molar-refractivity contribution is 6.44. The van der Waals surface area contributed by atoms with Gasteiger partial charge in [-0.15, -0.1) is 0 Å². The molecule has 4 nitrogen and oxygen atoms in total. The first-order valence-corrected chi connectivity index (χ1v) is 6.08. The van der Waals surface area contributed by atoms with Gasteiger partial charge in [-0.2, -0.15) is 4.98 Å². The minimum absolute atomic E-state index is 0.116. The molecule has 4 N–H and O–H groups in total. The third kappa shape index (κ3) is 2.32. The van der Waals surface area contributed by atoms with Crippen LogP contribution >= 0.6 is 34.8 Å². The average Bonchev–Trinajstić information content (AvgIpc) is 2.24. The fourth-order valence-electron chi connectivity index (χ4n) is 1.66. The van der Waals surface area contributed by atoms with Crippen molar-refractivity contribution in [2.24, 2.45) is 0 Å². The van der Waals surface area contributed by atoms with Crippen LogP contribution in [-0.2, 0) is 0 Å². The standard InChI is InChI=1S/C11H9Cl3N4/c1-4-9(10(15)18-11(16)17-4)5-2-7(13)8(14)3-6(5)12/h2-3H,1H3,(H4,15,16,17,18). The van der Waals surface area contributed by atoms with Crippen LogP contribution in [-0.4, -0.2) is 9.97 Å². The fourth-order valence-corrected chi connectivity index (χ4v) is 2.31. The summed E-state index contributed by atoms with van der Waals surface area (Å²) in [6.45, 7) is 1.77. The Labute approximate surface area is 119 Å². The largest absolute Gasteiger partial charge is 0.383 e. The molecule has 0 spiro atoms. The highest BCUT2D eigenvalue weighted by Gasteiger charge is 2.15. The van der Waals surface area contributed by atoms with Crippen molar-refractivity contribution in [3.8, 4) is 11.1 Å².